The van der Waals surface area contributed by atoms with E-state index in [-0.39, 0.29) is 5.69 Å². The van der Waals surface area contributed by atoms with Gasteiger partial charge in [-0.05, 0) is 42.0 Å². The van der Waals surface area contributed by atoms with Crippen LogP contribution in [0.5, 0.6) is 0 Å². The van der Waals surface area contributed by atoms with Crippen LogP contribution in [0, 0.1) is 0 Å². The van der Waals surface area contributed by atoms with Crippen molar-refractivity contribution in [2.45, 2.75) is 58.9 Å². The van der Waals surface area contributed by atoms with Gasteiger partial charge in [0.25, 0.3) is 0 Å². The average Bonchev–Trinajstić information content (AvgIpc) is 3.05. The average molecular weight is 407 g/mol. The Labute approximate surface area is 177 Å². The molecule has 5 nitrogen and oxygen atoms in total. The number of carboxylic acid groups (broad SMARTS) is 1. The minimum absolute atomic E-state index is 0.0171. The maximum Gasteiger partial charge on any atom is 0.336 e. The van der Waals surface area contributed by atoms with Gasteiger partial charge >= 0.3 is 11.7 Å². The lowest BCUT2D eigenvalue weighted by Crippen LogP contribution is -2.19. The molecule has 158 valence electrons. The highest BCUT2D eigenvalue weighted by molar-refractivity contribution is 5.95. The monoisotopic (exact) mass is 406 g/mol. The van der Waals surface area contributed by atoms with Gasteiger partial charge in [0.15, 0.2) is 0 Å². The molecule has 0 aliphatic carbocycles. The second-order valence-corrected chi connectivity index (χ2v) is 7.69. The van der Waals surface area contributed by atoms with E-state index in [1.54, 1.807) is 12.1 Å². The van der Waals surface area contributed by atoms with E-state index in [0.717, 1.165) is 61.2 Å². The molecule has 0 amide bonds. The minimum Gasteiger partial charge on any atom is -0.478 e. The van der Waals surface area contributed by atoms with E-state index < -0.39 is 5.97 Å². The smallest absolute Gasteiger partial charge is 0.336 e. The van der Waals surface area contributed by atoms with Crippen LogP contribution >= 0.6 is 0 Å². The molecule has 3 rings (SSSR count). The van der Waals surface area contributed by atoms with Crippen molar-refractivity contribution < 1.29 is 9.90 Å². The summed E-state index contributed by atoms with van der Waals surface area (Å²) in [5.74, 6) is -0.928. The molecular formula is C25H30N2O3. The Morgan fingerprint density at radius 2 is 1.70 bits per heavy atom. The Morgan fingerprint density at radius 3 is 2.37 bits per heavy atom. The van der Waals surface area contributed by atoms with Crippen molar-refractivity contribution in [1.82, 2.24) is 9.55 Å². The third kappa shape index (κ3) is 4.90. The third-order valence-corrected chi connectivity index (χ3v) is 5.49. The van der Waals surface area contributed by atoms with Crippen molar-refractivity contribution in [2.75, 3.05) is 0 Å². The van der Waals surface area contributed by atoms with Crippen LogP contribution in [0.25, 0.3) is 11.1 Å². The van der Waals surface area contributed by atoms with E-state index in [1.807, 2.05) is 41.0 Å². The van der Waals surface area contributed by atoms with Crippen molar-refractivity contribution in [3.8, 4) is 11.1 Å². The Hall–Kier alpha value is -3.08. The number of aromatic nitrogens is 2. The van der Waals surface area contributed by atoms with Gasteiger partial charge in [-0.3, -0.25) is 4.57 Å². The number of aromatic amines is 1. The van der Waals surface area contributed by atoms with Gasteiger partial charge in [-0.1, -0.05) is 69.2 Å². The highest BCUT2D eigenvalue weighted by Crippen LogP contribution is 2.25. The molecule has 0 fully saturated rings. The van der Waals surface area contributed by atoms with E-state index in [1.165, 1.54) is 0 Å². The molecule has 30 heavy (non-hydrogen) atoms. The van der Waals surface area contributed by atoms with Crippen molar-refractivity contribution in [1.29, 1.82) is 0 Å². The number of hydrogen-bond donors (Lipinski definition) is 2. The van der Waals surface area contributed by atoms with Crippen molar-refractivity contribution in [2.24, 2.45) is 0 Å². The van der Waals surface area contributed by atoms with Crippen LogP contribution in [-0.4, -0.2) is 20.6 Å². The number of imidazole rings is 1. The largest absolute Gasteiger partial charge is 0.478 e. The second-order valence-electron chi connectivity index (χ2n) is 7.69. The highest BCUT2D eigenvalue weighted by Gasteiger charge is 2.15. The maximum atomic E-state index is 12.5. The molecule has 0 bridgehead atoms. The van der Waals surface area contributed by atoms with E-state index in [2.05, 4.69) is 18.8 Å². The number of aryl methyl sites for hydroxylation is 1. The van der Waals surface area contributed by atoms with Crippen molar-refractivity contribution >= 4 is 5.97 Å². The molecule has 0 aliphatic heterocycles. The van der Waals surface area contributed by atoms with Gasteiger partial charge in [0, 0.05) is 24.4 Å². The van der Waals surface area contributed by atoms with Gasteiger partial charge in [0.1, 0.15) is 0 Å². The first-order valence-corrected chi connectivity index (χ1v) is 10.8. The molecule has 2 aromatic carbocycles. The van der Waals surface area contributed by atoms with Gasteiger partial charge in [-0.25, -0.2) is 9.59 Å². The second kappa shape index (κ2) is 10.1. The third-order valence-electron chi connectivity index (χ3n) is 5.49. The Bertz CT molecular complexity index is 1050. The molecule has 0 saturated carbocycles. The van der Waals surface area contributed by atoms with Crippen LogP contribution in [0.15, 0.2) is 53.3 Å². The predicted molar refractivity (Wildman–Crippen MR) is 120 cm³/mol. The van der Waals surface area contributed by atoms with Crippen molar-refractivity contribution in [3.05, 3.63) is 81.5 Å². The van der Waals surface area contributed by atoms with Gasteiger partial charge < -0.3 is 10.1 Å². The van der Waals surface area contributed by atoms with Crippen LogP contribution in [0.4, 0.5) is 0 Å². The Kier molecular flexibility index (Phi) is 7.28. The molecule has 5 heteroatoms. The van der Waals surface area contributed by atoms with Crippen molar-refractivity contribution in [3.63, 3.8) is 0 Å². The summed E-state index contributed by atoms with van der Waals surface area (Å²) in [4.78, 5) is 27.1. The summed E-state index contributed by atoms with van der Waals surface area (Å²) in [6.45, 7) is 5.01. The first-order valence-electron chi connectivity index (χ1n) is 10.8. The lowest BCUT2D eigenvalue weighted by molar-refractivity contribution is 0.0697. The summed E-state index contributed by atoms with van der Waals surface area (Å²) in [7, 11) is 0. The standard InChI is InChI=1S/C25H30N2O3/c1-3-5-11-22-23(27(16-6-4-2)25(30)26-22)17-18-12-14-19(15-13-18)20-9-7-8-10-21(20)24(28)29/h7-10,12-15H,3-6,11,16-17H2,1-2H3,(H,26,30)(H,28,29). The normalized spacial score (nSPS) is 11.0. The number of H-pyrrole nitrogens is 1. The fourth-order valence-corrected chi connectivity index (χ4v) is 3.79. The minimum atomic E-state index is -0.928. The molecule has 0 atom stereocenters. The fraction of sp³-hybridized carbons (Fsp3) is 0.360. The lowest BCUT2D eigenvalue weighted by Gasteiger charge is -2.11. The summed E-state index contributed by atoms with van der Waals surface area (Å²) in [6, 6.07) is 15.0. The van der Waals surface area contributed by atoms with Crippen LogP contribution in [0.2, 0.25) is 0 Å². The van der Waals surface area contributed by atoms with E-state index in [9.17, 15) is 14.7 Å². The van der Waals surface area contributed by atoms with Crippen LogP contribution in [0.1, 0.15) is 66.8 Å². The lowest BCUT2D eigenvalue weighted by atomic mass is 9.97. The zero-order valence-corrected chi connectivity index (χ0v) is 17.8. The van der Waals surface area contributed by atoms with Gasteiger partial charge in [0.05, 0.1) is 5.56 Å². The van der Waals surface area contributed by atoms with Gasteiger partial charge in [-0.2, -0.15) is 0 Å². The first-order chi connectivity index (χ1) is 14.5. The number of nitrogens with one attached hydrogen (secondary N) is 1. The Balaban J connectivity index is 1.90. The van der Waals surface area contributed by atoms with Gasteiger partial charge in [-0.15, -0.1) is 0 Å². The predicted octanol–water partition coefficient (Wildman–Crippen LogP) is 5.28. The van der Waals surface area contributed by atoms with Gasteiger partial charge in [0.2, 0.25) is 0 Å². The first kappa shape index (κ1) is 21.6. The summed E-state index contributed by atoms with van der Waals surface area (Å²) in [6.07, 6.45) is 5.71. The molecule has 0 saturated heterocycles. The number of rotatable bonds is 10. The van der Waals surface area contributed by atoms with E-state index >= 15 is 0 Å². The SMILES string of the molecule is CCCCc1[nH]c(=O)n(CCCC)c1Cc1ccc(-c2ccccc2C(=O)O)cc1. The van der Waals surface area contributed by atoms with Crippen LogP contribution in [0.3, 0.4) is 0 Å². The summed E-state index contributed by atoms with van der Waals surface area (Å²) < 4.78 is 1.89. The molecular weight excluding hydrogens is 376 g/mol. The number of benzene rings is 2. The number of aromatic carboxylic acids is 1. The number of nitrogens with zero attached hydrogens (tertiary/aromatic N) is 1. The molecule has 0 radical (unpaired) electrons. The molecule has 0 aliphatic rings. The Morgan fingerprint density at radius 1 is 1.00 bits per heavy atom. The molecule has 2 N–H and O–H groups in total. The van der Waals surface area contributed by atoms with E-state index in [4.69, 9.17) is 0 Å². The highest BCUT2D eigenvalue weighted by atomic mass is 16.4. The molecule has 0 unspecified atom stereocenters. The summed E-state index contributed by atoms with van der Waals surface area (Å²) in [5, 5.41) is 9.45. The van der Waals surface area contributed by atoms with Crippen LogP contribution < -0.4 is 5.69 Å². The number of carbonyl (C=O) groups is 1. The summed E-state index contributed by atoms with van der Waals surface area (Å²) in [5.41, 5.74) is 5.08. The number of hydrogen-bond acceptors (Lipinski definition) is 2. The molecule has 0 spiro atoms. The number of carboxylic acids is 1. The topological polar surface area (TPSA) is 75.1 Å². The fourth-order valence-electron chi connectivity index (χ4n) is 3.79. The zero-order valence-electron chi connectivity index (χ0n) is 17.8. The number of unbranched alkanes of at least 4 members (excludes halogenated alkanes) is 2. The summed E-state index contributed by atoms with van der Waals surface area (Å²) >= 11 is 0. The van der Waals surface area contributed by atoms with E-state index in [0.29, 0.717) is 17.5 Å². The molecule has 3 aromatic rings. The molecule has 1 heterocycles. The zero-order chi connectivity index (χ0) is 21.5. The quantitative estimate of drug-likeness (QED) is 0.481. The van der Waals surface area contributed by atoms with Crippen LogP contribution in [-0.2, 0) is 19.4 Å². The molecule has 1 aromatic heterocycles. The maximum absolute atomic E-state index is 12.5.